The molecule has 2 N–H and O–H groups in total. The van der Waals surface area contributed by atoms with Crippen LogP contribution in [0.1, 0.15) is 27.7 Å². The molecule has 0 aromatic carbocycles. The van der Waals surface area contributed by atoms with Gasteiger partial charge < -0.3 is 14.8 Å². The van der Waals surface area contributed by atoms with Gasteiger partial charge in [0.1, 0.15) is 11.3 Å². The zero-order valence-electron chi connectivity index (χ0n) is 14.1. The lowest BCUT2D eigenvalue weighted by Gasteiger charge is -2.36. The van der Waals surface area contributed by atoms with Crippen LogP contribution in [0.5, 0.6) is 0 Å². The lowest BCUT2D eigenvalue weighted by molar-refractivity contribution is -0.140. The molecule has 0 aliphatic rings. The lowest BCUT2D eigenvalue weighted by atomic mass is 10.2. The molecule has 0 heterocycles. The van der Waals surface area contributed by atoms with Crippen LogP contribution in [-0.4, -0.2) is 49.0 Å². The second-order valence-corrected chi connectivity index (χ2v) is 12.7. The van der Waals surface area contributed by atoms with Gasteiger partial charge in [0.2, 0.25) is 5.91 Å². The highest BCUT2D eigenvalue weighted by Gasteiger charge is 2.37. The Labute approximate surface area is 137 Å². The third-order valence-corrected chi connectivity index (χ3v) is 9.36. The van der Waals surface area contributed by atoms with Crippen LogP contribution in [0.25, 0.3) is 0 Å². The number of carbonyl (C=O) groups is 2. The van der Waals surface area contributed by atoms with Crippen molar-refractivity contribution in [2.45, 2.75) is 57.1 Å². The molecule has 0 aliphatic carbocycles. The first-order valence-electron chi connectivity index (χ1n) is 7.06. The van der Waals surface area contributed by atoms with Gasteiger partial charge in [0.25, 0.3) is 0 Å². The first-order chi connectivity index (χ1) is 9.90. The molecule has 0 bridgehead atoms. The van der Waals surface area contributed by atoms with E-state index in [1.54, 1.807) is 0 Å². The Hall–Kier alpha value is -1.04. The molecule has 22 heavy (non-hydrogen) atoms. The molecule has 1 amide bonds. The molecule has 0 rings (SSSR count). The van der Waals surface area contributed by atoms with Crippen molar-refractivity contribution < 1.29 is 19.1 Å². The molecule has 0 spiro atoms. The monoisotopic (exact) mass is 346 g/mol. The largest absolute Gasteiger partial charge is 0.480 e. The topological polar surface area (TPSA) is 99.4 Å². The molecule has 0 saturated heterocycles. The fourth-order valence-electron chi connectivity index (χ4n) is 1.26. The van der Waals surface area contributed by atoms with Crippen LogP contribution in [-0.2, 0) is 14.0 Å². The first-order valence-corrected chi connectivity index (χ1v) is 11.0. The van der Waals surface area contributed by atoms with E-state index in [9.17, 15) is 14.9 Å². The number of hydrogen-bond acceptors (Lipinski definition) is 5. The van der Waals surface area contributed by atoms with Crippen molar-refractivity contribution in [3.8, 4) is 6.07 Å². The van der Waals surface area contributed by atoms with Gasteiger partial charge in [0.15, 0.2) is 8.32 Å². The third kappa shape index (κ3) is 7.29. The summed E-state index contributed by atoms with van der Waals surface area (Å²) in [5.41, 5.74) is 0. The SMILES string of the molecule is CC(=O)NC(CSC(C#N)CO[Si](C)(C)C(C)(C)C)C(=O)O. The van der Waals surface area contributed by atoms with E-state index >= 15 is 0 Å². The summed E-state index contributed by atoms with van der Waals surface area (Å²) < 4.78 is 5.98. The number of amides is 1. The van der Waals surface area contributed by atoms with E-state index in [0.717, 1.165) is 0 Å². The Kier molecular flexibility index (Phi) is 8.15. The molecule has 2 unspecified atom stereocenters. The Bertz CT molecular complexity index is 443. The predicted octanol–water partition coefficient (Wildman–Crippen LogP) is 2.22. The van der Waals surface area contributed by atoms with Gasteiger partial charge in [-0.1, -0.05) is 20.8 Å². The maximum Gasteiger partial charge on any atom is 0.327 e. The Morgan fingerprint density at radius 1 is 1.41 bits per heavy atom. The minimum atomic E-state index is -1.94. The molecule has 0 radical (unpaired) electrons. The Balaban J connectivity index is 4.53. The summed E-state index contributed by atoms with van der Waals surface area (Å²) in [6, 6.07) is 1.13. The number of nitriles is 1. The highest BCUT2D eigenvalue weighted by Crippen LogP contribution is 2.36. The molecule has 0 aromatic rings. The summed E-state index contributed by atoms with van der Waals surface area (Å²) in [5.74, 6) is -1.38. The van der Waals surface area contributed by atoms with Crippen LogP contribution in [0, 0.1) is 11.3 Å². The van der Waals surface area contributed by atoms with Gasteiger partial charge >= 0.3 is 5.97 Å². The van der Waals surface area contributed by atoms with Crippen molar-refractivity contribution in [3.05, 3.63) is 0 Å². The minimum Gasteiger partial charge on any atom is -0.480 e. The molecule has 8 heteroatoms. The molecule has 0 aliphatic heterocycles. The first kappa shape index (κ1) is 21.0. The highest BCUT2D eigenvalue weighted by molar-refractivity contribution is 8.00. The van der Waals surface area contributed by atoms with Gasteiger partial charge in [-0.3, -0.25) is 4.79 Å². The molecule has 0 saturated carbocycles. The molecule has 0 aromatic heterocycles. The number of thioether (sulfide) groups is 1. The van der Waals surface area contributed by atoms with E-state index in [4.69, 9.17) is 9.53 Å². The number of carboxylic acids is 1. The molecular formula is C14H26N2O4SSi. The Morgan fingerprint density at radius 3 is 2.32 bits per heavy atom. The number of rotatable bonds is 8. The van der Waals surface area contributed by atoms with E-state index in [1.807, 2.05) is 0 Å². The standard InChI is InChI=1S/C14H26N2O4SSi/c1-10(17)16-12(13(18)19)9-21-11(7-15)8-20-22(5,6)14(2,3)4/h11-12H,8-9H2,1-6H3,(H,16,17)(H,18,19). The number of nitrogens with one attached hydrogen (secondary N) is 1. The fraction of sp³-hybridized carbons (Fsp3) is 0.786. The molecular weight excluding hydrogens is 320 g/mol. The summed E-state index contributed by atoms with van der Waals surface area (Å²) in [7, 11) is -1.94. The fourth-order valence-corrected chi connectivity index (χ4v) is 3.28. The number of nitrogens with zero attached hydrogens (tertiary/aromatic N) is 1. The van der Waals surface area contributed by atoms with Crippen LogP contribution < -0.4 is 5.32 Å². The number of aliphatic carboxylic acids is 1. The summed E-state index contributed by atoms with van der Waals surface area (Å²) in [5, 5.41) is 20.2. The number of carboxylic acid groups (broad SMARTS) is 1. The van der Waals surface area contributed by atoms with Crippen LogP contribution in [0.3, 0.4) is 0 Å². The summed E-state index contributed by atoms with van der Waals surface area (Å²) in [6.45, 7) is 12.1. The summed E-state index contributed by atoms with van der Waals surface area (Å²) in [6.07, 6.45) is 0. The molecule has 126 valence electrons. The van der Waals surface area contributed by atoms with Crippen molar-refractivity contribution in [1.29, 1.82) is 5.26 Å². The van der Waals surface area contributed by atoms with E-state index in [-0.39, 0.29) is 17.4 Å². The van der Waals surface area contributed by atoms with Crippen molar-refractivity contribution in [1.82, 2.24) is 5.32 Å². The highest BCUT2D eigenvalue weighted by atomic mass is 32.2. The quantitative estimate of drug-likeness (QED) is 0.654. The van der Waals surface area contributed by atoms with E-state index < -0.39 is 31.5 Å². The van der Waals surface area contributed by atoms with E-state index in [2.05, 4.69) is 45.3 Å². The van der Waals surface area contributed by atoms with Crippen molar-refractivity contribution in [3.63, 3.8) is 0 Å². The normalized spacial score (nSPS) is 14.8. The van der Waals surface area contributed by atoms with Gasteiger partial charge in [-0.25, -0.2) is 4.79 Å². The van der Waals surface area contributed by atoms with E-state index in [1.165, 1.54) is 18.7 Å². The van der Waals surface area contributed by atoms with Gasteiger partial charge in [0.05, 0.1) is 12.7 Å². The zero-order chi connectivity index (χ0) is 17.6. The van der Waals surface area contributed by atoms with Crippen molar-refractivity contribution in [2.24, 2.45) is 0 Å². The van der Waals surface area contributed by atoms with Gasteiger partial charge in [-0.05, 0) is 18.1 Å². The smallest absolute Gasteiger partial charge is 0.327 e. The van der Waals surface area contributed by atoms with Crippen LogP contribution in [0.4, 0.5) is 0 Å². The molecule has 6 nitrogen and oxygen atoms in total. The van der Waals surface area contributed by atoms with Gasteiger partial charge in [0, 0.05) is 12.7 Å². The lowest BCUT2D eigenvalue weighted by Crippen LogP contribution is -2.43. The van der Waals surface area contributed by atoms with Crippen molar-refractivity contribution in [2.75, 3.05) is 12.4 Å². The van der Waals surface area contributed by atoms with E-state index in [0.29, 0.717) is 0 Å². The maximum absolute atomic E-state index is 11.0. The zero-order valence-corrected chi connectivity index (χ0v) is 15.9. The van der Waals surface area contributed by atoms with Gasteiger partial charge in [-0.15, -0.1) is 11.8 Å². The predicted molar refractivity (Wildman–Crippen MR) is 90.2 cm³/mol. The van der Waals surface area contributed by atoms with Crippen molar-refractivity contribution >= 4 is 32.0 Å². The third-order valence-electron chi connectivity index (χ3n) is 3.69. The van der Waals surface area contributed by atoms with Crippen LogP contribution in [0.15, 0.2) is 0 Å². The second kappa shape index (κ2) is 8.55. The Morgan fingerprint density at radius 2 is 1.95 bits per heavy atom. The molecule has 0 fully saturated rings. The van der Waals surface area contributed by atoms with Crippen LogP contribution >= 0.6 is 11.8 Å². The average molecular weight is 347 g/mol. The second-order valence-electron chi connectivity index (χ2n) is 6.61. The number of hydrogen-bond donors (Lipinski definition) is 2. The average Bonchev–Trinajstić information content (AvgIpc) is 2.35. The summed E-state index contributed by atoms with van der Waals surface area (Å²) in [4.78, 5) is 22.0. The van der Waals surface area contributed by atoms with Gasteiger partial charge in [-0.2, -0.15) is 5.26 Å². The van der Waals surface area contributed by atoms with Crippen LogP contribution in [0.2, 0.25) is 18.1 Å². The molecule has 2 atom stereocenters. The summed E-state index contributed by atoms with van der Waals surface area (Å²) >= 11 is 1.19. The minimum absolute atomic E-state index is 0.0530. The number of carbonyl (C=O) groups excluding carboxylic acids is 1. The maximum atomic E-state index is 11.0.